The minimum absolute atomic E-state index is 0.680. The number of hydrogen-bond acceptors (Lipinski definition) is 2. The number of ether oxygens (including phenoxy) is 1. The Hall–Kier alpha value is -2.21. The molecule has 80 valence electrons. The van der Waals surface area contributed by atoms with Crippen LogP contribution in [0.2, 0.25) is 0 Å². The number of rotatable bonds is 3. The van der Waals surface area contributed by atoms with Gasteiger partial charge >= 0.3 is 0 Å². The first kappa shape index (κ1) is 10.3. The van der Waals surface area contributed by atoms with E-state index in [-0.39, 0.29) is 0 Å². The summed E-state index contributed by atoms with van der Waals surface area (Å²) < 4.78 is 7.17. The van der Waals surface area contributed by atoms with Crippen molar-refractivity contribution in [2.24, 2.45) is 0 Å². The SMILES string of the molecule is C=CCn1cc(C#N)c2ccc(OC)cc21. The van der Waals surface area contributed by atoms with Gasteiger partial charge in [0.05, 0.1) is 18.2 Å². The zero-order valence-corrected chi connectivity index (χ0v) is 9.10. The third-order valence-electron chi connectivity index (χ3n) is 2.54. The van der Waals surface area contributed by atoms with Crippen LogP contribution < -0.4 is 4.74 Å². The summed E-state index contributed by atoms with van der Waals surface area (Å²) in [4.78, 5) is 0. The molecule has 0 saturated heterocycles. The van der Waals surface area contributed by atoms with Crippen molar-refractivity contribution in [2.75, 3.05) is 7.11 Å². The van der Waals surface area contributed by atoms with Crippen LogP contribution in [0.5, 0.6) is 5.75 Å². The van der Waals surface area contributed by atoms with E-state index in [9.17, 15) is 0 Å². The molecule has 0 spiro atoms. The molecule has 0 aliphatic rings. The largest absolute Gasteiger partial charge is 0.497 e. The molecule has 3 heteroatoms. The lowest BCUT2D eigenvalue weighted by molar-refractivity contribution is 0.415. The van der Waals surface area contributed by atoms with Crippen molar-refractivity contribution in [3.05, 3.63) is 42.6 Å². The highest BCUT2D eigenvalue weighted by Gasteiger charge is 2.08. The molecule has 0 radical (unpaired) electrons. The van der Waals surface area contributed by atoms with Gasteiger partial charge in [0, 0.05) is 24.2 Å². The average molecular weight is 212 g/mol. The third-order valence-corrected chi connectivity index (χ3v) is 2.54. The van der Waals surface area contributed by atoms with Gasteiger partial charge in [0.25, 0.3) is 0 Å². The van der Waals surface area contributed by atoms with E-state index in [1.165, 1.54) is 0 Å². The fourth-order valence-electron chi connectivity index (χ4n) is 1.78. The molecule has 0 N–H and O–H groups in total. The van der Waals surface area contributed by atoms with Gasteiger partial charge in [-0.2, -0.15) is 5.26 Å². The van der Waals surface area contributed by atoms with Crippen LogP contribution in [0.3, 0.4) is 0 Å². The quantitative estimate of drug-likeness (QED) is 0.733. The molecule has 0 saturated carbocycles. The van der Waals surface area contributed by atoms with Gasteiger partial charge in [0.15, 0.2) is 0 Å². The fourth-order valence-corrected chi connectivity index (χ4v) is 1.78. The molecule has 1 aromatic carbocycles. The highest BCUT2D eigenvalue weighted by atomic mass is 16.5. The van der Waals surface area contributed by atoms with E-state index in [2.05, 4.69) is 12.6 Å². The number of aromatic nitrogens is 1. The minimum Gasteiger partial charge on any atom is -0.497 e. The molecule has 3 nitrogen and oxygen atoms in total. The highest BCUT2D eigenvalue weighted by molar-refractivity contribution is 5.87. The Kier molecular flexibility index (Phi) is 2.65. The van der Waals surface area contributed by atoms with Gasteiger partial charge in [-0.1, -0.05) is 6.08 Å². The van der Waals surface area contributed by atoms with Gasteiger partial charge in [-0.05, 0) is 12.1 Å². The molecular weight excluding hydrogens is 200 g/mol. The molecule has 2 rings (SSSR count). The van der Waals surface area contributed by atoms with Crippen molar-refractivity contribution < 1.29 is 4.74 Å². The molecule has 16 heavy (non-hydrogen) atoms. The summed E-state index contributed by atoms with van der Waals surface area (Å²) in [6, 6.07) is 7.89. The van der Waals surface area contributed by atoms with E-state index >= 15 is 0 Å². The van der Waals surface area contributed by atoms with Crippen molar-refractivity contribution >= 4 is 10.9 Å². The molecule has 2 aromatic rings. The first-order valence-corrected chi connectivity index (χ1v) is 4.98. The zero-order chi connectivity index (χ0) is 11.5. The maximum atomic E-state index is 9.02. The van der Waals surface area contributed by atoms with Crippen LogP contribution in [-0.2, 0) is 6.54 Å². The van der Waals surface area contributed by atoms with Crippen molar-refractivity contribution in [1.29, 1.82) is 5.26 Å². The Labute approximate surface area is 94.2 Å². The number of hydrogen-bond donors (Lipinski definition) is 0. The van der Waals surface area contributed by atoms with E-state index in [1.54, 1.807) is 13.2 Å². The monoisotopic (exact) mass is 212 g/mol. The minimum atomic E-state index is 0.680. The molecular formula is C13H12N2O. The van der Waals surface area contributed by atoms with E-state index in [0.717, 1.165) is 16.7 Å². The summed E-state index contributed by atoms with van der Waals surface area (Å²) >= 11 is 0. The Bertz CT molecular complexity index is 575. The predicted octanol–water partition coefficient (Wildman–Crippen LogP) is 2.71. The summed E-state index contributed by atoms with van der Waals surface area (Å²) in [5.74, 6) is 0.792. The van der Waals surface area contributed by atoms with E-state index in [1.807, 2.05) is 29.0 Å². The Morgan fingerprint density at radius 2 is 2.38 bits per heavy atom. The molecule has 0 aliphatic carbocycles. The lowest BCUT2D eigenvalue weighted by Gasteiger charge is -2.03. The molecule has 0 aliphatic heterocycles. The van der Waals surface area contributed by atoms with Crippen molar-refractivity contribution in [3.8, 4) is 11.8 Å². The number of allylic oxidation sites excluding steroid dienone is 1. The lowest BCUT2D eigenvalue weighted by Crippen LogP contribution is -1.92. The Balaban J connectivity index is 2.71. The normalized spacial score (nSPS) is 10.0. The van der Waals surface area contributed by atoms with E-state index in [4.69, 9.17) is 10.00 Å². The van der Waals surface area contributed by atoms with Crippen molar-refractivity contribution in [2.45, 2.75) is 6.54 Å². The van der Waals surface area contributed by atoms with Crippen molar-refractivity contribution in [3.63, 3.8) is 0 Å². The zero-order valence-electron chi connectivity index (χ0n) is 9.10. The van der Waals surface area contributed by atoms with Gasteiger partial charge < -0.3 is 9.30 Å². The number of nitrogens with zero attached hydrogens (tertiary/aromatic N) is 2. The van der Waals surface area contributed by atoms with Crippen molar-refractivity contribution in [1.82, 2.24) is 4.57 Å². The summed E-state index contributed by atoms with van der Waals surface area (Å²) in [5, 5.41) is 9.97. The number of methoxy groups -OCH3 is 1. The Morgan fingerprint density at radius 3 is 3.00 bits per heavy atom. The van der Waals surface area contributed by atoms with E-state index in [0.29, 0.717) is 12.1 Å². The molecule has 1 heterocycles. The van der Waals surface area contributed by atoms with Crippen LogP contribution in [0, 0.1) is 11.3 Å². The lowest BCUT2D eigenvalue weighted by atomic mass is 10.2. The van der Waals surface area contributed by atoms with Crippen LogP contribution in [0.15, 0.2) is 37.1 Å². The molecule has 0 atom stereocenters. The second-order valence-corrected chi connectivity index (χ2v) is 3.48. The topological polar surface area (TPSA) is 38.0 Å². The van der Waals surface area contributed by atoms with Gasteiger partial charge in [-0.15, -0.1) is 6.58 Å². The third kappa shape index (κ3) is 1.55. The van der Waals surface area contributed by atoms with Gasteiger partial charge in [-0.25, -0.2) is 0 Å². The second kappa shape index (κ2) is 4.11. The van der Waals surface area contributed by atoms with Crippen LogP contribution in [0.1, 0.15) is 5.56 Å². The molecule has 0 fully saturated rings. The second-order valence-electron chi connectivity index (χ2n) is 3.48. The maximum absolute atomic E-state index is 9.02. The fraction of sp³-hybridized carbons (Fsp3) is 0.154. The highest BCUT2D eigenvalue weighted by Crippen LogP contribution is 2.25. The van der Waals surface area contributed by atoms with Crippen LogP contribution in [0.25, 0.3) is 10.9 Å². The summed E-state index contributed by atoms with van der Waals surface area (Å²) in [5.41, 5.74) is 1.68. The summed E-state index contributed by atoms with van der Waals surface area (Å²) in [6.45, 7) is 4.39. The van der Waals surface area contributed by atoms with Crippen LogP contribution in [0.4, 0.5) is 0 Å². The predicted molar refractivity (Wildman–Crippen MR) is 63.4 cm³/mol. The summed E-state index contributed by atoms with van der Waals surface area (Å²) in [6.07, 6.45) is 3.64. The first-order chi connectivity index (χ1) is 7.80. The van der Waals surface area contributed by atoms with Gasteiger partial charge in [0.2, 0.25) is 0 Å². The molecule has 0 bridgehead atoms. The molecule has 1 aromatic heterocycles. The van der Waals surface area contributed by atoms with Gasteiger partial charge in [0.1, 0.15) is 11.8 Å². The average Bonchev–Trinajstić information content (AvgIpc) is 2.67. The smallest absolute Gasteiger partial charge is 0.120 e. The molecule has 0 amide bonds. The maximum Gasteiger partial charge on any atom is 0.120 e. The number of fused-ring (bicyclic) bond motifs is 1. The number of nitriles is 1. The van der Waals surface area contributed by atoms with Crippen LogP contribution >= 0.6 is 0 Å². The first-order valence-electron chi connectivity index (χ1n) is 4.98. The standard InChI is InChI=1S/C13H12N2O/c1-3-6-15-9-10(8-14)12-5-4-11(16-2)7-13(12)15/h3-5,7,9H,1,6H2,2H3. The van der Waals surface area contributed by atoms with Crippen LogP contribution in [-0.4, -0.2) is 11.7 Å². The Morgan fingerprint density at radius 1 is 1.56 bits per heavy atom. The molecule has 0 unspecified atom stereocenters. The number of benzene rings is 1. The van der Waals surface area contributed by atoms with Gasteiger partial charge in [-0.3, -0.25) is 0 Å². The summed E-state index contributed by atoms with van der Waals surface area (Å²) in [7, 11) is 1.63. The van der Waals surface area contributed by atoms with E-state index < -0.39 is 0 Å².